The van der Waals surface area contributed by atoms with Crippen LogP contribution in [-0.4, -0.2) is 34.1 Å². The van der Waals surface area contributed by atoms with Gasteiger partial charge in [-0.05, 0) is 67.8 Å². The third kappa shape index (κ3) is 5.68. The van der Waals surface area contributed by atoms with Crippen molar-refractivity contribution in [3.8, 4) is 5.75 Å². The zero-order valence-corrected chi connectivity index (χ0v) is 22.6. The van der Waals surface area contributed by atoms with E-state index in [0.29, 0.717) is 5.57 Å². The quantitative estimate of drug-likeness (QED) is 0.247. The maximum Gasteiger partial charge on any atom is 0.305 e. The van der Waals surface area contributed by atoms with Gasteiger partial charge in [0.1, 0.15) is 23.5 Å². The number of fused-ring (bicyclic) bond motifs is 1. The topological polar surface area (TPSA) is 72.9 Å². The molecule has 0 aromatic heterocycles. The van der Waals surface area contributed by atoms with Crippen LogP contribution in [-0.2, 0) is 19.6 Å². The first kappa shape index (κ1) is 27.6. The Hall–Kier alpha value is -3.43. The third-order valence-corrected chi connectivity index (χ3v) is 8.31. The summed E-state index contributed by atoms with van der Waals surface area (Å²) >= 11 is 6.17. The molecule has 0 spiro atoms. The average molecular weight is 562 g/mol. The molecule has 0 N–H and O–H groups in total. The van der Waals surface area contributed by atoms with Crippen LogP contribution in [0.15, 0.2) is 59.5 Å². The van der Waals surface area contributed by atoms with Crippen LogP contribution < -0.4 is 9.04 Å². The van der Waals surface area contributed by atoms with Crippen molar-refractivity contribution in [2.45, 2.75) is 37.7 Å². The van der Waals surface area contributed by atoms with Gasteiger partial charge >= 0.3 is 5.97 Å². The van der Waals surface area contributed by atoms with Gasteiger partial charge in [0.05, 0.1) is 29.3 Å². The van der Waals surface area contributed by atoms with E-state index in [9.17, 15) is 17.6 Å². The number of methoxy groups -OCH3 is 1. The van der Waals surface area contributed by atoms with E-state index < -0.39 is 33.7 Å². The molecule has 0 saturated carbocycles. The molecule has 3 aromatic carbocycles. The molecule has 0 aliphatic carbocycles. The average Bonchev–Trinajstić information content (AvgIpc) is 2.87. The number of allylic oxidation sites excluding steroid dienone is 1. The second-order valence-electron chi connectivity index (χ2n) is 8.97. The zero-order valence-electron chi connectivity index (χ0n) is 21.0. The molecule has 10 heteroatoms. The molecule has 38 heavy (non-hydrogen) atoms. The first-order chi connectivity index (χ1) is 18.0. The molecule has 0 radical (unpaired) electrons. The second-order valence-corrected chi connectivity index (χ2v) is 11.2. The van der Waals surface area contributed by atoms with Crippen LogP contribution >= 0.6 is 11.6 Å². The number of anilines is 1. The number of esters is 1. The predicted molar refractivity (Wildman–Crippen MR) is 143 cm³/mol. The van der Waals surface area contributed by atoms with E-state index in [2.05, 4.69) is 4.74 Å². The monoisotopic (exact) mass is 561 g/mol. The van der Waals surface area contributed by atoms with E-state index in [1.165, 1.54) is 43.5 Å². The minimum atomic E-state index is -4.09. The molecular weight excluding hydrogens is 536 g/mol. The van der Waals surface area contributed by atoms with Crippen molar-refractivity contribution in [2.24, 2.45) is 0 Å². The largest absolute Gasteiger partial charge is 0.486 e. The van der Waals surface area contributed by atoms with Crippen LogP contribution in [0.2, 0.25) is 5.02 Å². The van der Waals surface area contributed by atoms with Crippen molar-refractivity contribution in [2.75, 3.05) is 18.0 Å². The van der Waals surface area contributed by atoms with E-state index in [-0.39, 0.29) is 51.9 Å². The van der Waals surface area contributed by atoms with E-state index in [1.807, 2.05) is 0 Å². The second kappa shape index (κ2) is 11.1. The molecule has 0 fully saturated rings. The Bertz CT molecular complexity index is 1500. The summed E-state index contributed by atoms with van der Waals surface area (Å²) in [6.07, 6.45) is 0.850. The molecule has 1 heterocycles. The van der Waals surface area contributed by atoms with Crippen LogP contribution in [0.1, 0.15) is 36.5 Å². The lowest BCUT2D eigenvalue weighted by molar-refractivity contribution is -0.141. The van der Waals surface area contributed by atoms with Gasteiger partial charge in [0.15, 0.2) is 0 Å². The molecular formula is C28H26ClF2NO5S. The van der Waals surface area contributed by atoms with Crippen LogP contribution in [0.3, 0.4) is 0 Å². The molecule has 200 valence electrons. The maximum absolute atomic E-state index is 15.3. The molecule has 0 saturated heterocycles. The zero-order chi connectivity index (χ0) is 27.6. The molecule has 1 aliphatic rings. The normalized spacial score (nSPS) is 15.6. The maximum atomic E-state index is 15.3. The van der Waals surface area contributed by atoms with Gasteiger partial charge in [-0.2, -0.15) is 0 Å². The number of hydrogen-bond acceptors (Lipinski definition) is 5. The predicted octanol–water partition coefficient (Wildman–Crippen LogP) is 6.40. The summed E-state index contributed by atoms with van der Waals surface area (Å²) in [4.78, 5) is 11.8. The van der Waals surface area contributed by atoms with Gasteiger partial charge in [-0.15, -0.1) is 0 Å². The molecule has 4 rings (SSSR count). The SMILES string of the molecule is COC(=O)CC[C@H]1CN(S(=O)(=O)c2cccc(C)c2)c2cc(/C=C(\C)c3c(F)cccc3Cl)c(F)cc2O1. The van der Waals surface area contributed by atoms with Crippen LogP contribution in [0.25, 0.3) is 11.6 Å². The summed E-state index contributed by atoms with van der Waals surface area (Å²) in [6.45, 7) is 3.26. The lowest BCUT2D eigenvalue weighted by Crippen LogP contribution is -2.43. The number of benzene rings is 3. The van der Waals surface area contributed by atoms with Gasteiger partial charge in [-0.3, -0.25) is 9.10 Å². The molecule has 3 aromatic rings. The van der Waals surface area contributed by atoms with Crippen molar-refractivity contribution in [1.29, 1.82) is 0 Å². The summed E-state index contributed by atoms with van der Waals surface area (Å²) in [5.41, 5.74) is 1.38. The van der Waals surface area contributed by atoms with Crippen molar-refractivity contribution in [3.63, 3.8) is 0 Å². The number of rotatable bonds is 7. The number of ether oxygens (including phenoxy) is 2. The highest BCUT2D eigenvalue weighted by Crippen LogP contribution is 2.41. The molecule has 0 bridgehead atoms. The molecule has 1 atom stereocenters. The molecule has 6 nitrogen and oxygen atoms in total. The standard InChI is InChI=1S/C28H26ClF2NO5S/c1-17-6-4-7-21(12-17)38(34,35)32-16-20(10-11-27(33)36-3)37-26-15-24(31)19(14-25(26)32)13-18(2)28-22(29)8-5-9-23(28)30/h4-9,12-15,20H,10-11,16H2,1-3H3/b18-13+/t20-/m0/s1. The smallest absolute Gasteiger partial charge is 0.305 e. The summed E-state index contributed by atoms with van der Waals surface area (Å²) in [5, 5.41) is 0.164. The van der Waals surface area contributed by atoms with E-state index >= 15 is 4.39 Å². The first-order valence-electron chi connectivity index (χ1n) is 11.8. The Morgan fingerprint density at radius 3 is 2.58 bits per heavy atom. The summed E-state index contributed by atoms with van der Waals surface area (Å²) < 4.78 is 69.0. The Morgan fingerprint density at radius 1 is 1.16 bits per heavy atom. The first-order valence-corrected chi connectivity index (χ1v) is 13.6. The number of sulfonamides is 1. The van der Waals surface area contributed by atoms with Gasteiger partial charge in [-0.25, -0.2) is 17.2 Å². The van der Waals surface area contributed by atoms with E-state index in [4.69, 9.17) is 16.3 Å². The number of nitrogens with zero attached hydrogens (tertiary/aromatic N) is 1. The fourth-order valence-electron chi connectivity index (χ4n) is 4.30. The van der Waals surface area contributed by atoms with Crippen molar-refractivity contribution < 1.29 is 31.5 Å². The summed E-state index contributed by atoms with van der Waals surface area (Å²) in [6, 6.07) is 13.1. The highest BCUT2D eigenvalue weighted by atomic mass is 35.5. The van der Waals surface area contributed by atoms with Crippen LogP contribution in [0, 0.1) is 18.6 Å². The highest BCUT2D eigenvalue weighted by molar-refractivity contribution is 7.92. The van der Waals surface area contributed by atoms with Gasteiger partial charge in [-0.1, -0.05) is 29.8 Å². The Morgan fingerprint density at radius 2 is 1.89 bits per heavy atom. The highest BCUT2D eigenvalue weighted by Gasteiger charge is 2.35. The lowest BCUT2D eigenvalue weighted by atomic mass is 10.0. The minimum absolute atomic E-state index is 0.000724. The van der Waals surface area contributed by atoms with Crippen LogP contribution in [0.4, 0.5) is 14.5 Å². The van der Waals surface area contributed by atoms with Crippen LogP contribution in [0.5, 0.6) is 5.75 Å². The van der Waals surface area contributed by atoms with Gasteiger partial charge in [0.25, 0.3) is 10.0 Å². The number of hydrogen-bond donors (Lipinski definition) is 0. The molecule has 0 amide bonds. The molecule has 1 aliphatic heterocycles. The van der Waals surface area contributed by atoms with Gasteiger partial charge in [0.2, 0.25) is 0 Å². The van der Waals surface area contributed by atoms with E-state index in [1.54, 1.807) is 32.0 Å². The van der Waals surface area contributed by atoms with E-state index in [0.717, 1.165) is 15.9 Å². The summed E-state index contributed by atoms with van der Waals surface area (Å²) in [7, 11) is -2.83. The minimum Gasteiger partial charge on any atom is -0.486 e. The Labute approximate surface area is 225 Å². The fourth-order valence-corrected chi connectivity index (χ4v) is 6.22. The Kier molecular flexibility index (Phi) is 8.08. The van der Waals surface area contributed by atoms with Crippen molar-refractivity contribution in [3.05, 3.63) is 87.9 Å². The number of aryl methyl sites for hydroxylation is 1. The number of halogens is 3. The third-order valence-electron chi connectivity index (χ3n) is 6.21. The Balaban J connectivity index is 1.81. The van der Waals surface area contributed by atoms with Gasteiger partial charge in [0, 0.05) is 23.6 Å². The summed E-state index contributed by atoms with van der Waals surface area (Å²) in [5.74, 6) is -1.72. The number of carbonyl (C=O) groups excluding carboxylic acids is 1. The fraction of sp³-hybridized carbons (Fsp3) is 0.250. The lowest BCUT2D eigenvalue weighted by Gasteiger charge is -2.36. The molecule has 0 unspecified atom stereocenters. The van der Waals surface area contributed by atoms with Crippen molar-refractivity contribution in [1.82, 2.24) is 0 Å². The van der Waals surface area contributed by atoms with Gasteiger partial charge < -0.3 is 9.47 Å². The number of carbonyl (C=O) groups is 1. The van der Waals surface area contributed by atoms with Crippen molar-refractivity contribution >= 4 is 44.9 Å².